The maximum atomic E-state index is 11.5. The van der Waals surface area contributed by atoms with E-state index in [1.807, 2.05) is 18.2 Å². The second kappa shape index (κ2) is 6.19. The Morgan fingerprint density at radius 1 is 1.30 bits per heavy atom. The summed E-state index contributed by atoms with van der Waals surface area (Å²) in [4.78, 5) is 15.8. The maximum Gasteiger partial charge on any atom is 0.249 e. The van der Waals surface area contributed by atoms with Gasteiger partial charge in [-0.2, -0.15) is 0 Å². The molecule has 0 aliphatic carbocycles. The van der Waals surface area contributed by atoms with Gasteiger partial charge in [-0.05, 0) is 18.1 Å². The van der Waals surface area contributed by atoms with Crippen LogP contribution in [0.15, 0.2) is 42.6 Å². The number of nitrogens with two attached hydrogens (primary N) is 1. The van der Waals surface area contributed by atoms with Crippen molar-refractivity contribution in [2.75, 3.05) is 6.61 Å². The van der Waals surface area contributed by atoms with Crippen LogP contribution in [0.5, 0.6) is 5.75 Å². The molecule has 0 bridgehead atoms. The zero-order valence-electron chi connectivity index (χ0n) is 11.7. The first kappa shape index (κ1) is 14.1. The molecule has 4 heteroatoms. The molecule has 0 aliphatic rings. The molecule has 0 fully saturated rings. The summed E-state index contributed by atoms with van der Waals surface area (Å²) in [6, 6.07) is 10.8. The van der Waals surface area contributed by atoms with Crippen LogP contribution >= 0.6 is 0 Å². The lowest BCUT2D eigenvalue weighted by Crippen LogP contribution is -2.12. The number of hydrogen-bond donors (Lipinski definition) is 1. The Labute approximate surface area is 118 Å². The Kier molecular flexibility index (Phi) is 4.35. The van der Waals surface area contributed by atoms with Gasteiger partial charge in [0.2, 0.25) is 5.91 Å². The van der Waals surface area contributed by atoms with E-state index < -0.39 is 5.91 Å². The van der Waals surface area contributed by atoms with Crippen LogP contribution in [0.3, 0.4) is 0 Å². The molecule has 1 aromatic carbocycles. The second-order valence-electron chi connectivity index (χ2n) is 4.99. The van der Waals surface area contributed by atoms with Gasteiger partial charge in [0.05, 0.1) is 12.3 Å². The van der Waals surface area contributed by atoms with Crippen molar-refractivity contribution < 1.29 is 9.53 Å². The standard InChI is InChI=1S/C16H18N2O2/c1-11(2)10-20-12-7-8-18-15(9-12)13-5-3-4-6-14(13)16(17)19/h3-9,11H,10H2,1-2H3,(H2,17,19). The number of carbonyl (C=O) groups is 1. The predicted octanol–water partition coefficient (Wildman–Crippen LogP) is 2.88. The molecule has 0 saturated heterocycles. The number of rotatable bonds is 5. The van der Waals surface area contributed by atoms with Crippen molar-refractivity contribution in [3.05, 3.63) is 48.2 Å². The van der Waals surface area contributed by atoms with Gasteiger partial charge in [0.25, 0.3) is 0 Å². The Morgan fingerprint density at radius 3 is 2.75 bits per heavy atom. The van der Waals surface area contributed by atoms with Crippen LogP contribution in [-0.4, -0.2) is 17.5 Å². The largest absolute Gasteiger partial charge is 0.493 e. The van der Waals surface area contributed by atoms with E-state index in [1.54, 1.807) is 24.4 Å². The molecule has 2 N–H and O–H groups in total. The topological polar surface area (TPSA) is 65.2 Å². The van der Waals surface area contributed by atoms with E-state index in [0.717, 1.165) is 11.3 Å². The molecule has 1 heterocycles. The van der Waals surface area contributed by atoms with Crippen molar-refractivity contribution in [1.82, 2.24) is 4.98 Å². The van der Waals surface area contributed by atoms with Crippen LogP contribution in [-0.2, 0) is 0 Å². The highest BCUT2D eigenvalue weighted by atomic mass is 16.5. The van der Waals surface area contributed by atoms with E-state index in [1.165, 1.54) is 0 Å². The van der Waals surface area contributed by atoms with Crippen LogP contribution in [0, 0.1) is 5.92 Å². The fraction of sp³-hybridized carbons (Fsp3) is 0.250. The van der Waals surface area contributed by atoms with Crippen LogP contribution < -0.4 is 10.5 Å². The highest BCUT2D eigenvalue weighted by molar-refractivity contribution is 5.99. The van der Waals surface area contributed by atoms with E-state index >= 15 is 0 Å². The van der Waals surface area contributed by atoms with E-state index in [0.29, 0.717) is 23.8 Å². The number of aromatic nitrogens is 1. The number of ether oxygens (including phenoxy) is 1. The van der Waals surface area contributed by atoms with Crippen LogP contribution in [0.1, 0.15) is 24.2 Å². The van der Waals surface area contributed by atoms with Crippen molar-refractivity contribution in [2.24, 2.45) is 11.7 Å². The predicted molar refractivity (Wildman–Crippen MR) is 78.5 cm³/mol. The SMILES string of the molecule is CC(C)COc1ccnc(-c2ccccc2C(N)=O)c1. The zero-order chi connectivity index (χ0) is 14.5. The lowest BCUT2D eigenvalue weighted by molar-refractivity contribution is 0.100. The number of amides is 1. The van der Waals surface area contributed by atoms with Crippen LogP contribution in [0.25, 0.3) is 11.3 Å². The summed E-state index contributed by atoms with van der Waals surface area (Å²) in [6.45, 7) is 4.82. The monoisotopic (exact) mass is 270 g/mol. The quantitative estimate of drug-likeness (QED) is 0.908. The Balaban J connectivity index is 2.34. The van der Waals surface area contributed by atoms with Gasteiger partial charge in [0.1, 0.15) is 5.75 Å². The fourth-order valence-electron chi connectivity index (χ4n) is 1.83. The van der Waals surface area contributed by atoms with Gasteiger partial charge < -0.3 is 10.5 Å². The third-order valence-electron chi connectivity index (χ3n) is 2.78. The molecule has 0 aliphatic heterocycles. The minimum Gasteiger partial charge on any atom is -0.493 e. The van der Waals surface area contributed by atoms with E-state index in [4.69, 9.17) is 10.5 Å². The summed E-state index contributed by atoms with van der Waals surface area (Å²) in [5, 5.41) is 0. The van der Waals surface area contributed by atoms with Gasteiger partial charge in [-0.25, -0.2) is 0 Å². The lowest BCUT2D eigenvalue weighted by atomic mass is 10.0. The summed E-state index contributed by atoms with van der Waals surface area (Å²) >= 11 is 0. The Bertz CT molecular complexity index is 609. The van der Waals surface area contributed by atoms with Crippen molar-refractivity contribution in [3.8, 4) is 17.0 Å². The summed E-state index contributed by atoms with van der Waals surface area (Å²) in [6.07, 6.45) is 1.67. The number of nitrogens with zero attached hydrogens (tertiary/aromatic N) is 1. The molecular formula is C16H18N2O2. The molecule has 20 heavy (non-hydrogen) atoms. The van der Waals surface area contributed by atoms with E-state index in [9.17, 15) is 4.79 Å². The van der Waals surface area contributed by atoms with Gasteiger partial charge >= 0.3 is 0 Å². The molecule has 104 valence electrons. The number of primary amides is 1. The van der Waals surface area contributed by atoms with Crippen molar-refractivity contribution in [2.45, 2.75) is 13.8 Å². The molecule has 1 aromatic heterocycles. The summed E-state index contributed by atoms with van der Waals surface area (Å²) in [5.74, 6) is 0.725. The van der Waals surface area contributed by atoms with Gasteiger partial charge in [0, 0.05) is 23.4 Å². The molecule has 2 aromatic rings. The minimum absolute atomic E-state index is 0.449. The highest BCUT2D eigenvalue weighted by Gasteiger charge is 2.11. The van der Waals surface area contributed by atoms with E-state index in [-0.39, 0.29) is 0 Å². The summed E-state index contributed by atoms with van der Waals surface area (Å²) in [7, 11) is 0. The zero-order valence-corrected chi connectivity index (χ0v) is 11.7. The summed E-state index contributed by atoms with van der Waals surface area (Å²) in [5.41, 5.74) is 7.25. The highest BCUT2D eigenvalue weighted by Crippen LogP contribution is 2.24. The molecule has 1 amide bonds. The maximum absolute atomic E-state index is 11.5. The van der Waals surface area contributed by atoms with Crippen molar-refractivity contribution in [1.29, 1.82) is 0 Å². The van der Waals surface area contributed by atoms with E-state index in [2.05, 4.69) is 18.8 Å². The van der Waals surface area contributed by atoms with Crippen LogP contribution in [0.4, 0.5) is 0 Å². The molecule has 0 saturated carbocycles. The average molecular weight is 270 g/mol. The lowest BCUT2D eigenvalue weighted by Gasteiger charge is -2.10. The molecule has 0 unspecified atom stereocenters. The fourth-order valence-corrected chi connectivity index (χ4v) is 1.83. The molecule has 4 nitrogen and oxygen atoms in total. The number of carbonyl (C=O) groups excluding carboxylic acids is 1. The first-order chi connectivity index (χ1) is 9.58. The Hall–Kier alpha value is -2.36. The van der Waals surface area contributed by atoms with Gasteiger partial charge in [-0.15, -0.1) is 0 Å². The molecule has 0 spiro atoms. The van der Waals surface area contributed by atoms with Gasteiger partial charge in [-0.1, -0.05) is 32.0 Å². The van der Waals surface area contributed by atoms with Gasteiger partial charge in [-0.3, -0.25) is 9.78 Å². The smallest absolute Gasteiger partial charge is 0.249 e. The molecule has 0 radical (unpaired) electrons. The summed E-state index contributed by atoms with van der Waals surface area (Å²) < 4.78 is 5.67. The van der Waals surface area contributed by atoms with Crippen LogP contribution in [0.2, 0.25) is 0 Å². The van der Waals surface area contributed by atoms with Crippen molar-refractivity contribution in [3.63, 3.8) is 0 Å². The molecular weight excluding hydrogens is 252 g/mol. The second-order valence-corrected chi connectivity index (χ2v) is 4.99. The van der Waals surface area contributed by atoms with Crippen molar-refractivity contribution >= 4 is 5.91 Å². The minimum atomic E-state index is -0.462. The molecule has 2 rings (SSSR count). The third-order valence-corrected chi connectivity index (χ3v) is 2.78. The third kappa shape index (κ3) is 3.35. The first-order valence-electron chi connectivity index (χ1n) is 6.56. The number of pyridine rings is 1. The number of hydrogen-bond acceptors (Lipinski definition) is 3. The average Bonchev–Trinajstić information content (AvgIpc) is 2.45. The van der Waals surface area contributed by atoms with Gasteiger partial charge in [0.15, 0.2) is 0 Å². The Morgan fingerprint density at radius 2 is 2.05 bits per heavy atom. The molecule has 0 atom stereocenters. The number of benzene rings is 1. The normalized spacial score (nSPS) is 10.6. The first-order valence-corrected chi connectivity index (χ1v) is 6.56.